The fraction of sp³-hybridized carbons (Fsp3) is 0.471. The highest BCUT2D eigenvalue weighted by molar-refractivity contribution is 5.28. The third-order valence-electron chi connectivity index (χ3n) is 3.89. The Morgan fingerprint density at radius 2 is 1.95 bits per heavy atom. The smallest absolute Gasteiger partial charge is 0.118 e. The summed E-state index contributed by atoms with van der Waals surface area (Å²) in [4.78, 5) is 0. The average molecular weight is 287 g/mol. The SMILES string of the molecule is CCc1cc(CC(Cc2ccc(OC)cc2)NC)n(C)n1. The first-order valence-corrected chi connectivity index (χ1v) is 7.48. The molecule has 0 aliphatic carbocycles. The number of nitrogens with zero attached hydrogens (tertiary/aromatic N) is 2. The summed E-state index contributed by atoms with van der Waals surface area (Å²) >= 11 is 0. The van der Waals surface area contributed by atoms with Gasteiger partial charge in [-0.3, -0.25) is 4.68 Å². The minimum atomic E-state index is 0.401. The highest BCUT2D eigenvalue weighted by Gasteiger charge is 2.12. The fourth-order valence-corrected chi connectivity index (χ4v) is 2.51. The van der Waals surface area contributed by atoms with E-state index in [1.807, 2.05) is 30.9 Å². The molecule has 0 spiro atoms. The van der Waals surface area contributed by atoms with Crippen molar-refractivity contribution in [1.29, 1.82) is 0 Å². The fourth-order valence-electron chi connectivity index (χ4n) is 2.51. The number of aromatic nitrogens is 2. The maximum Gasteiger partial charge on any atom is 0.118 e. The first-order valence-electron chi connectivity index (χ1n) is 7.48. The predicted octanol–water partition coefficient (Wildman–Crippen LogP) is 2.36. The van der Waals surface area contributed by atoms with Gasteiger partial charge in [-0.15, -0.1) is 0 Å². The molecule has 1 N–H and O–H groups in total. The molecule has 0 amide bonds. The van der Waals surface area contributed by atoms with E-state index in [0.29, 0.717) is 6.04 Å². The number of hydrogen-bond acceptors (Lipinski definition) is 3. The van der Waals surface area contributed by atoms with Gasteiger partial charge in [0, 0.05) is 25.2 Å². The van der Waals surface area contributed by atoms with Gasteiger partial charge in [-0.1, -0.05) is 19.1 Å². The maximum absolute atomic E-state index is 5.20. The zero-order valence-electron chi connectivity index (χ0n) is 13.4. The van der Waals surface area contributed by atoms with Crippen LogP contribution in [0, 0.1) is 0 Å². The van der Waals surface area contributed by atoms with Gasteiger partial charge in [-0.25, -0.2) is 0 Å². The van der Waals surface area contributed by atoms with E-state index in [0.717, 1.165) is 30.7 Å². The van der Waals surface area contributed by atoms with Gasteiger partial charge in [0.15, 0.2) is 0 Å². The van der Waals surface area contributed by atoms with Gasteiger partial charge >= 0.3 is 0 Å². The summed E-state index contributed by atoms with van der Waals surface area (Å²) < 4.78 is 7.20. The van der Waals surface area contributed by atoms with Crippen LogP contribution in [0.15, 0.2) is 30.3 Å². The summed E-state index contributed by atoms with van der Waals surface area (Å²) in [6.07, 6.45) is 2.95. The molecule has 2 aromatic rings. The van der Waals surface area contributed by atoms with Gasteiger partial charge in [0.2, 0.25) is 0 Å². The molecule has 0 bridgehead atoms. The number of methoxy groups -OCH3 is 1. The summed E-state index contributed by atoms with van der Waals surface area (Å²) in [5, 5.41) is 7.93. The Bertz CT molecular complexity index is 560. The molecular formula is C17H25N3O. The van der Waals surface area contributed by atoms with Crippen LogP contribution in [0.4, 0.5) is 0 Å². The molecule has 1 aromatic carbocycles. The van der Waals surface area contributed by atoms with Crippen LogP contribution in [0.3, 0.4) is 0 Å². The van der Waals surface area contributed by atoms with Crippen molar-refractivity contribution in [3.8, 4) is 5.75 Å². The maximum atomic E-state index is 5.20. The zero-order valence-corrected chi connectivity index (χ0v) is 13.4. The summed E-state index contributed by atoms with van der Waals surface area (Å²) in [7, 11) is 5.74. The molecular weight excluding hydrogens is 262 g/mol. The van der Waals surface area contributed by atoms with E-state index in [9.17, 15) is 0 Å². The van der Waals surface area contributed by atoms with Crippen molar-refractivity contribution in [2.45, 2.75) is 32.2 Å². The van der Waals surface area contributed by atoms with Crippen LogP contribution in [0.1, 0.15) is 23.9 Å². The molecule has 0 fully saturated rings. The molecule has 0 radical (unpaired) electrons. The van der Waals surface area contributed by atoms with Crippen LogP contribution in [0.5, 0.6) is 5.75 Å². The molecule has 0 saturated carbocycles. The minimum Gasteiger partial charge on any atom is -0.497 e. The monoisotopic (exact) mass is 287 g/mol. The summed E-state index contributed by atoms with van der Waals surface area (Å²) in [5.41, 5.74) is 3.75. The summed E-state index contributed by atoms with van der Waals surface area (Å²) in [5.74, 6) is 0.902. The zero-order chi connectivity index (χ0) is 15.2. The van der Waals surface area contributed by atoms with Crippen molar-refractivity contribution >= 4 is 0 Å². The van der Waals surface area contributed by atoms with Crippen LogP contribution in [0.2, 0.25) is 0 Å². The lowest BCUT2D eigenvalue weighted by Crippen LogP contribution is -2.30. The number of benzene rings is 1. The Morgan fingerprint density at radius 3 is 2.48 bits per heavy atom. The van der Waals surface area contributed by atoms with Crippen molar-refractivity contribution in [3.05, 3.63) is 47.3 Å². The topological polar surface area (TPSA) is 39.1 Å². The van der Waals surface area contributed by atoms with E-state index < -0.39 is 0 Å². The van der Waals surface area contributed by atoms with E-state index in [1.165, 1.54) is 11.3 Å². The van der Waals surface area contributed by atoms with Crippen molar-refractivity contribution in [1.82, 2.24) is 15.1 Å². The lowest BCUT2D eigenvalue weighted by atomic mass is 10.0. The second-order valence-electron chi connectivity index (χ2n) is 5.35. The van der Waals surface area contributed by atoms with E-state index in [-0.39, 0.29) is 0 Å². The van der Waals surface area contributed by atoms with Crippen molar-refractivity contribution in [3.63, 3.8) is 0 Å². The second-order valence-corrected chi connectivity index (χ2v) is 5.35. The Morgan fingerprint density at radius 1 is 1.24 bits per heavy atom. The third kappa shape index (κ3) is 4.08. The van der Waals surface area contributed by atoms with Crippen LogP contribution in [-0.2, 0) is 26.3 Å². The Labute approximate surface area is 127 Å². The molecule has 1 aromatic heterocycles. The molecule has 1 unspecified atom stereocenters. The van der Waals surface area contributed by atoms with Gasteiger partial charge in [-0.05, 0) is 43.7 Å². The lowest BCUT2D eigenvalue weighted by molar-refractivity contribution is 0.414. The van der Waals surface area contributed by atoms with Gasteiger partial charge in [-0.2, -0.15) is 5.10 Å². The van der Waals surface area contributed by atoms with Gasteiger partial charge in [0.05, 0.1) is 12.8 Å². The van der Waals surface area contributed by atoms with E-state index >= 15 is 0 Å². The largest absolute Gasteiger partial charge is 0.497 e. The minimum absolute atomic E-state index is 0.401. The predicted molar refractivity (Wildman–Crippen MR) is 85.8 cm³/mol. The highest BCUT2D eigenvalue weighted by Crippen LogP contribution is 2.14. The number of nitrogens with one attached hydrogen (secondary N) is 1. The summed E-state index contributed by atoms with van der Waals surface area (Å²) in [6.45, 7) is 2.14. The van der Waals surface area contributed by atoms with E-state index in [1.54, 1.807) is 7.11 Å². The molecule has 2 rings (SSSR count). The van der Waals surface area contributed by atoms with Crippen LogP contribution in [-0.4, -0.2) is 30.0 Å². The number of ether oxygens (including phenoxy) is 1. The van der Waals surface area contributed by atoms with E-state index in [2.05, 4.69) is 35.5 Å². The second kappa shape index (κ2) is 7.27. The van der Waals surface area contributed by atoms with Crippen LogP contribution in [0.25, 0.3) is 0 Å². The first-order chi connectivity index (χ1) is 10.2. The third-order valence-corrected chi connectivity index (χ3v) is 3.89. The molecule has 0 saturated heterocycles. The molecule has 0 aliphatic rings. The van der Waals surface area contributed by atoms with Crippen LogP contribution < -0.4 is 10.1 Å². The normalized spacial score (nSPS) is 12.4. The Hall–Kier alpha value is -1.81. The molecule has 4 heteroatoms. The van der Waals surface area contributed by atoms with Crippen molar-refractivity contribution in [2.75, 3.05) is 14.2 Å². The first kappa shape index (κ1) is 15.6. The van der Waals surface area contributed by atoms with Crippen molar-refractivity contribution < 1.29 is 4.74 Å². The van der Waals surface area contributed by atoms with Gasteiger partial charge in [0.1, 0.15) is 5.75 Å². The molecule has 1 atom stereocenters. The molecule has 1 heterocycles. The quantitative estimate of drug-likeness (QED) is 0.850. The Kier molecular flexibility index (Phi) is 5.39. The van der Waals surface area contributed by atoms with Gasteiger partial charge < -0.3 is 10.1 Å². The number of aryl methyl sites for hydroxylation is 2. The van der Waals surface area contributed by atoms with Gasteiger partial charge in [0.25, 0.3) is 0 Å². The van der Waals surface area contributed by atoms with E-state index in [4.69, 9.17) is 4.74 Å². The molecule has 0 aliphatic heterocycles. The Balaban J connectivity index is 2.03. The molecule has 114 valence electrons. The number of likely N-dealkylation sites (N-methyl/N-ethyl adjacent to an activating group) is 1. The summed E-state index contributed by atoms with van der Waals surface area (Å²) in [6, 6.07) is 10.9. The van der Waals surface area contributed by atoms with Crippen molar-refractivity contribution in [2.24, 2.45) is 7.05 Å². The van der Waals surface area contributed by atoms with Crippen LogP contribution >= 0.6 is 0 Å². The molecule has 21 heavy (non-hydrogen) atoms. The number of hydrogen-bond donors (Lipinski definition) is 1. The standard InChI is InChI=1S/C17H25N3O/c1-5-14-11-16(20(3)19-14)12-15(18-2)10-13-6-8-17(21-4)9-7-13/h6-9,11,15,18H,5,10,12H2,1-4H3. The number of rotatable bonds is 7. The molecule has 4 nitrogen and oxygen atoms in total. The lowest BCUT2D eigenvalue weighted by Gasteiger charge is -2.16. The average Bonchev–Trinajstić information content (AvgIpc) is 2.87. The highest BCUT2D eigenvalue weighted by atomic mass is 16.5.